The fourth-order valence-electron chi connectivity index (χ4n) is 2.39. The molecular formula is C11H7N. The van der Waals surface area contributed by atoms with Crippen LogP contribution >= 0.6 is 0 Å². The Labute approximate surface area is 70.5 Å². The first kappa shape index (κ1) is 5.31. The Balaban J connectivity index is 2.15. The van der Waals surface area contributed by atoms with E-state index in [0.717, 1.165) is 12.8 Å². The number of allylic oxidation sites excluding steroid dienone is 7. The summed E-state index contributed by atoms with van der Waals surface area (Å²) in [5.41, 5.74) is 8.44. The summed E-state index contributed by atoms with van der Waals surface area (Å²) in [6.07, 6.45) is 8.96. The maximum Gasteiger partial charge on any atom is 0.0751 e. The van der Waals surface area contributed by atoms with Crippen molar-refractivity contribution in [3.63, 3.8) is 0 Å². The van der Waals surface area contributed by atoms with Crippen LogP contribution < -0.4 is 0 Å². The first-order valence-electron chi connectivity index (χ1n) is 4.37. The van der Waals surface area contributed by atoms with Gasteiger partial charge in [0.15, 0.2) is 0 Å². The second kappa shape index (κ2) is 1.40. The molecule has 1 heterocycles. The Morgan fingerprint density at radius 1 is 1.17 bits per heavy atom. The van der Waals surface area contributed by atoms with E-state index in [-0.39, 0.29) is 0 Å². The van der Waals surface area contributed by atoms with Gasteiger partial charge in [0.1, 0.15) is 0 Å². The van der Waals surface area contributed by atoms with Crippen LogP contribution in [0.25, 0.3) is 0 Å². The van der Waals surface area contributed by atoms with Crippen molar-refractivity contribution in [3.8, 4) is 0 Å². The van der Waals surface area contributed by atoms with Gasteiger partial charge in [0.05, 0.1) is 11.4 Å². The molecule has 0 radical (unpaired) electrons. The molecule has 2 bridgehead atoms. The highest BCUT2D eigenvalue weighted by molar-refractivity contribution is 6.23. The standard InChI is InChI=1S/C11H7N/c1-2-7-5-6(1)10-8-3-4-9(8)12-11(7)10/h1-2,4H,3,5H2. The molecular weight excluding hydrogens is 146 g/mol. The summed E-state index contributed by atoms with van der Waals surface area (Å²) in [6.45, 7) is 0. The van der Waals surface area contributed by atoms with E-state index in [9.17, 15) is 0 Å². The van der Waals surface area contributed by atoms with Crippen molar-refractivity contribution in [1.82, 2.24) is 0 Å². The second-order valence-electron chi connectivity index (χ2n) is 3.67. The van der Waals surface area contributed by atoms with E-state index in [1.165, 1.54) is 33.7 Å². The van der Waals surface area contributed by atoms with E-state index >= 15 is 0 Å². The Morgan fingerprint density at radius 3 is 2.92 bits per heavy atom. The summed E-state index contributed by atoms with van der Waals surface area (Å²) >= 11 is 0. The van der Waals surface area contributed by atoms with Gasteiger partial charge in [0.25, 0.3) is 0 Å². The SMILES string of the molecule is C1=C2CC(=C1)C1=C3CC=C3N=C21. The predicted octanol–water partition coefficient (Wildman–Crippen LogP) is 2.30. The van der Waals surface area contributed by atoms with Gasteiger partial charge in [-0.3, -0.25) is 0 Å². The highest BCUT2D eigenvalue weighted by atomic mass is 14.8. The first-order valence-corrected chi connectivity index (χ1v) is 4.37. The summed E-state index contributed by atoms with van der Waals surface area (Å²) in [6, 6.07) is 0. The highest BCUT2D eigenvalue weighted by Crippen LogP contribution is 2.48. The van der Waals surface area contributed by atoms with Crippen molar-refractivity contribution in [2.24, 2.45) is 4.99 Å². The molecule has 0 atom stereocenters. The normalized spacial score (nSPS) is 27.3. The molecule has 0 spiro atoms. The molecule has 0 saturated heterocycles. The molecule has 0 N–H and O–H groups in total. The monoisotopic (exact) mass is 153 g/mol. The lowest BCUT2D eigenvalue weighted by molar-refractivity contribution is 1.07. The van der Waals surface area contributed by atoms with Crippen molar-refractivity contribution in [2.75, 3.05) is 0 Å². The van der Waals surface area contributed by atoms with E-state index in [1.807, 2.05) is 0 Å². The zero-order valence-corrected chi connectivity index (χ0v) is 6.59. The fourth-order valence-corrected chi connectivity index (χ4v) is 2.39. The van der Waals surface area contributed by atoms with Gasteiger partial charge in [-0.05, 0) is 23.1 Å². The predicted molar refractivity (Wildman–Crippen MR) is 47.9 cm³/mol. The smallest absolute Gasteiger partial charge is 0.0751 e. The molecule has 1 heteroatoms. The van der Waals surface area contributed by atoms with E-state index in [2.05, 4.69) is 23.2 Å². The summed E-state index contributed by atoms with van der Waals surface area (Å²) in [4.78, 5) is 4.60. The van der Waals surface area contributed by atoms with E-state index in [4.69, 9.17) is 0 Å². The van der Waals surface area contributed by atoms with Crippen LogP contribution in [0.4, 0.5) is 0 Å². The van der Waals surface area contributed by atoms with Crippen molar-refractivity contribution >= 4 is 5.71 Å². The Bertz CT molecular complexity index is 467. The van der Waals surface area contributed by atoms with Gasteiger partial charge >= 0.3 is 0 Å². The van der Waals surface area contributed by atoms with Gasteiger partial charge in [0, 0.05) is 12.0 Å². The lowest BCUT2D eigenvalue weighted by atomic mass is 9.92. The van der Waals surface area contributed by atoms with Crippen LogP contribution in [0.5, 0.6) is 0 Å². The molecule has 1 saturated carbocycles. The minimum absolute atomic E-state index is 1.14. The fraction of sp³-hybridized carbons (Fsp3) is 0.182. The molecule has 0 aromatic heterocycles. The van der Waals surface area contributed by atoms with Gasteiger partial charge < -0.3 is 0 Å². The first-order chi connectivity index (χ1) is 5.93. The van der Waals surface area contributed by atoms with Crippen LogP contribution in [-0.4, -0.2) is 5.71 Å². The molecule has 4 aliphatic rings. The van der Waals surface area contributed by atoms with Gasteiger partial charge in [-0.2, -0.15) is 0 Å². The van der Waals surface area contributed by atoms with Crippen molar-refractivity contribution in [2.45, 2.75) is 12.8 Å². The second-order valence-corrected chi connectivity index (χ2v) is 3.67. The molecule has 0 unspecified atom stereocenters. The van der Waals surface area contributed by atoms with Gasteiger partial charge in [-0.1, -0.05) is 18.2 Å². The Kier molecular flexibility index (Phi) is 0.619. The van der Waals surface area contributed by atoms with Crippen LogP contribution in [0.15, 0.2) is 51.2 Å². The quantitative estimate of drug-likeness (QED) is 0.506. The molecule has 1 fully saturated rings. The third kappa shape index (κ3) is 0.374. The molecule has 1 nitrogen and oxygen atoms in total. The largest absolute Gasteiger partial charge is 0.248 e. The summed E-state index contributed by atoms with van der Waals surface area (Å²) < 4.78 is 0. The Morgan fingerprint density at radius 2 is 2.08 bits per heavy atom. The number of hydrogen-bond acceptors (Lipinski definition) is 1. The summed E-state index contributed by atoms with van der Waals surface area (Å²) in [5.74, 6) is 0. The molecule has 3 aliphatic carbocycles. The van der Waals surface area contributed by atoms with E-state index in [0.29, 0.717) is 0 Å². The average Bonchev–Trinajstić information content (AvgIpc) is 2.62. The third-order valence-electron chi connectivity index (χ3n) is 3.07. The third-order valence-corrected chi connectivity index (χ3v) is 3.07. The molecule has 0 amide bonds. The molecule has 0 aromatic carbocycles. The molecule has 4 rings (SSSR count). The lowest BCUT2D eigenvalue weighted by Gasteiger charge is -2.12. The highest BCUT2D eigenvalue weighted by Gasteiger charge is 2.37. The van der Waals surface area contributed by atoms with Crippen molar-refractivity contribution < 1.29 is 0 Å². The number of aliphatic imine (C=N–C) groups is 1. The number of hydrogen-bond donors (Lipinski definition) is 0. The van der Waals surface area contributed by atoms with Crippen LogP contribution in [0.1, 0.15) is 12.8 Å². The van der Waals surface area contributed by atoms with Crippen LogP contribution in [0, 0.1) is 0 Å². The van der Waals surface area contributed by atoms with Gasteiger partial charge in [-0.25, -0.2) is 4.99 Å². The zero-order chi connectivity index (χ0) is 7.71. The molecule has 1 aliphatic heterocycles. The van der Waals surface area contributed by atoms with Gasteiger partial charge in [0.2, 0.25) is 0 Å². The maximum atomic E-state index is 4.60. The molecule has 12 heavy (non-hydrogen) atoms. The number of nitrogens with zero attached hydrogens (tertiary/aromatic N) is 1. The summed E-state index contributed by atoms with van der Waals surface area (Å²) in [5, 5.41) is 0. The van der Waals surface area contributed by atoms with E-state index < -0.39 is 0 Å². The number of fused-ring (bicyclic) bond motifs is 6. The van der Waals surface area contributed by atoms with Crippen LogP contribution in [0.2, 0.25) is 0 Å². The van der Waals surface area contributed by atoms with Crippen molar-refractivity contribution in [3.05, 3.63) is 46.2 Å². The molecule has 56 valence electrons. The lowest BCUT2D eigenvalue weighted by Crippen LogP contribution is -1.98. The van der Waals surface area contributed by atoms with Crippen molar-refractivity contribution in [1.29, 1.82) is 0 Å². The topological polar surface area (TPSA) is 12.4 Å². The van der Waals surface area contributed by atoms with Gasteiger partial charge in [-0.15, -0.1) is 0 Å². The average molecular weight is 153 g/mol. The zero-order valence-electron chi connectivity index (χ0n) is 6.59. The minimum atomic E-state index is 1.14. The molecule has 0 aromatic rings. The maximum absolute atomic E-state index is 4.60. The van der Waals surface area contributed by atoms with E-state index in [1.54, 1.807) is 0 Å². The number of rotatable bonds is 0. The Hall–Kier alpha value is -1.37. The minimum Gasteiger partial charge on any atom is -0.248 e. The van der Waals surface area contributed by atoms with Crippen LogP contribution in [0.3, 0.4) is 0 Å². The van der Waals surface area contributed by atoms with Crippen LogP contribution in [-0.2, 0) is 0 Å². The summed E-state index contributed by atoms with van der Waals surface area (Å²) in [7, 11) is 0.